The number of rotatable bonds is 13. The highest BCUT2D eigenvalue weighted by Gasteiger charge is 2.42. The molecule has 6 amide bonds. The average molecular weight is 1100 g/mol. The lowest BCUT2D eigenvalue weighted by Crippen LogP contribution is -2.55. The van der Waals surface area contributed by atoms with E-state index in [-0.39, 0.29) is 50.0 Å². The number of aliphatic hydroxyl groups excluding tert-OH is 2. The first-order chi connectivity index (χ1) is 38.5. The number of amidine groups is 2. The molecule has 420 valence electrons. The Morgan fingerprint density at radius 3 is 1.46 bits per heavy atom. The van der Waals surface area contributed by atoms with Crippen LogP contribution < -0.4 is 31.9 Å². The summed E-state index contributed by atoms with van der Waals surface area (Å²) >= 11 is 0. The van der Waals surface area contributed by atoms with Crippen molar-refractivity contribution in [3.05, 3.63) is 118 Å². The molecular formula is C56H62N10O14. The fourth-order valence-corrected chi connectivity index (χ4v) is 10.4. The van der Waals surface area contributed by atoms with E-state index in [1.807, 2.05) is 0 Å². The number of carbonyl (C=O) groups excluding carboxylic acids is 7. The number of carboxylic acid groups (broad SMARTS) is 1. The topological polar surface area (TPSA) is 339 Å². The van der Waals surface area contributed by atoms with E-state index in [0.717, 1.165) is 22.3 Å². The van der Waals surface area contributed by atoms with Crippen LogP contribution in [0.2, 0.25) is 0 Å². The Morgan fingerprint density at radius 2 is 1.05 bits per heavy atom. The Kier molecular flexibility index (Phi) is 17.3. The number of ether oxygens (including phenoxy) is 3. The van der Waals surface area contributed by atoms with Crippen molar-refractivity contribution in [3.63, 3.8) is 0 Å². The first-order valence-electron chi connectivity index (χ1n) is 26.4. The molecule has 4 aromatic rings. The highest BCUT2D eigenvalue weighted by atomic mass is 16.5. The molecule has 24 nitrogen and oxygen atoms in total. The molecular weight excluding hydrogens is 1040 g/mol. The van der Waals surface area contributed by atoms with E-state index in [2.05, 4.69) is 20.6 Å². The molecule has 4 saturated heterocycles. The van der Waals surface area contributed by atoms with Gasteiger partial charge in [-0.25, -0.2) is 0 Å². The second-order valence-corrected chi connectivity index (χ2v) is 19.9. The van der Waals surface area contributed by atoms with Gasteiger partial charge in [0.15, 0.2) is 24.4 Å². The number of piperidine rings is 2. The summed E-state index contributed by atoms with van der Waals surface area (Å²) < 4.78 is 16.1. The van der Waals surface area contributed by atoms with E-state index in [9.17, 15) is 53.7 Å². The number of carboxylic acids is 1. The van der Waals surface area contributed by atoms with Crippen LogP contribution in [0.25, 0.3) is 0 Å². The van der Waals surface area contributed by atoms with Crippen LogP contribution in [0, 0.1) is 11.8 Å². The summed E-state index contributed by atoms with van der Waals surface area (Å²) in [5.41, 5.74) is 17.5. The second kappa shape index (κ2) is 24.6. The summed E-state index contributed by atoms with van der Waals surface area (Å²) in [5.74, 6) is -4.12. The van der Waals surface area contributed by atoms with Gasteiger partial charge in [-0.15, -0.1) is 0 Å². The molecule has 0 saturated carbocycles. The fourth-order valence-electron chi connectivity index (χ4n) is 10.4. The van der Waals surface area contributed by atoms with Crippen LogP contribution in [0.5, 0.6) is 0 Å². The predicted molar refractivity (Wildman–Crippen MR) is 290 cm³/mol. The molecule has 9 N–H and O–H groups in total. The van der Waals surface area contributed by atoms with Crippen molar-refractivity contribution >= 4 is 81.8 Å². The standard InChI is InChI=1S/C29H33N5O7.C27H29N5O7/c1-2-40-29(39)17-8-10-33(11-9-17)27(37)18-4-3-5-21(15-18)34-12-13-41-24(28(34)38)23(35)26(36)32-20-6-7-22-19(14-20)16-31-25(22)30;28-23-20-5-4-18(12-17(20)14-29-23)30-24(34)21(33)22-26(36)32(10-11-39-22)19-3-1-2-16(13-19)25(35)31-8-6-15(7-9-31)27(37)38/h3-7,14-15,17,23-24,35H,2,8-13,16H2,1H3,(H2,30,31)(H,32,36);1-5,12-13,15,21-22,33H,6-11,14H2,(H2,28,29)(H,30,34)(H,37,38)/t23-,24-;21-,22-/m11/s1. The fraction of sp³-hybridized carbons (Fsp3) is 0.393. The molecule has 6 aliphatic rings. The highest BCUT2D eigenvalue weighted by molar-refractivity contribution is 6.07. The molecule has 0 aromatic heterocycles. The molecule has 4 fully saturated rings. The number of morpholine rings is 2. The van der Waals surface area contributed by atoms with Gasteiger partial charge in [0.1, 0.15) is 11.7 Å². The third kappa shape index (κ3) is 12.3. The largest absolute Gasteiger partial charge is 0.481 e. The summed E-state index contributed by atoms with van der Waals surface area (Å²) in [5, 5.41) is 35.9. The Morgan fingerprint density at radius 1 is 0.625 bits per heavy atom. The molecule has 0 bridgehead atoms. The maximum absolute atomic E-state index is 13.3. The number of esters is 1. The third-order valence-electron chi connectivity index (χ3n) is 14.8. The van der Waals surface area contributed by atoms with E-state index in [0.29, 0.717) is 117 Å². The highest BCUT2D eigenvalue weighted by Crippen LogP contribution is 2.29. The first kappa shape index (κ1) is 56.2. The molecule has 6 aliphatic heterocycles. The maximum atomic E-state index is 13.3. The van der Waals surface area contributed by atoms with E-state index in [4.69, 9.17) is 25.7 Å². The Labute approximate surface area is 459 Å². The molecule has 4 aromatic carbocycles. The van der Waals surface area contributed by atoms with Crippen LogP contribution >= 0.6 is 0 Å². The van der Waals surface area contributed by atoms with E-state index < -0.39 is 59.9 Å². The van der Waals surface area contributed by atoms with Crippen LogP contribution in [0.3, 0.4) is 0 Å². The summed E-state index contributed by atoms with van der Waals surface area (Å²) in [6.07, 6.45) is -4.54. The second-order valence-electron chi connectivity index (χ2n) is 19.9. The molecule has 0 aliphatic carbocycles. The summed E-state index contributed by atoms with van der Waals surface area (Å²) in [6, 6.07) is 23.4. The molecule has 0 unspecified atom stereocenters. The number of carbonyl (C=O) groups is 8. The van der Waals surface area contributed by atoms with Gasteiger partial charge >= 0.3 is 11.9 Å². The van der Waals surface area contributed by atoms with Crippen molar-refractivity contribution in [2.75, 3.05) is 79.5 Å². The van der Waals surface area contributed by atoms with Gasteiger partial charge in [0.2, 0.25) is 0 Å². The SMILES string of the molecule is CCOC(=O)C1CCN(C(=O)c2cccc(N3CCO[C@H]([C@@H](O)C(=O)Nc4ccc5c(c4)CN=C5N)C3=O)c2)CC1.NC1=NCc2cc(NC(=O)[C@H](O)[C@H]3OCCN(c4cccc(C(=O)N5CCC(C(=O)O)CC5)c4)C3=O)ccc21. The van der Waals surface area contributed by atoms with Gasteiger partial charge < -0.3 is 71.2 Å². The molecule has 0 radical (unpaired) electrons. The van der Waals surface area contributed by atoms with Crippen molar-refractivity contribution in [2.24, 2.45) is 33.3 Å². The number of aliphatic imine (C=N–C) groups is 2. The monoisotopic (exact) mass is 1100 g/mol. The van der Waals surface area contributed by atoms with Gasteiger partial charge in [-0.3, -0.25) is 48.3 Å². The lowest BCUT2D eigenvalue weighted by atomic mass is 9.96. The summed E-state index contributed by atoms with van der Waals surface area (Å²) in [7, 11) is 0. The van der Waals surface area contributed by atoms with Crippen LogP contribution in [0.15, 0.2) is 94.9 Å². The van der Waals surface area contributed by atoms with Crippen LogP contribution in [0.4, 0.5) is 22.7 Å². The minimum absolute atomic E-state index is 0.0804. The molecule has 6 heterocycles. The van der Waals surface area contributed by atoms with Crippen molar-refractivity contribution in [2.45, 2.75) is 70.1 Å². The number of benzene rings is 4. The summed E-state index contributed by atoms with van der Waals surface area (Å²) in [4.78, 5) is 116. The first-order valence-corrected chi connectivity index (χ1v) is 26.4. The van der Waals surface area contributed by atoms with Crippen LogP contribution in [-0.4, -0.2) is 168 Å². The van der Waals surface area contributed by atoms with Crippen molar-refractivity contribution in [1.29, 1.82) is 0 Å². The number of nitrogens with zero attached hydrogens (tertiary/aromatic N) is 6. The van der Waals surface area contributed by atoms with E-state index in [1.54, 1.807) is 102 Å². The van der Waals surface area contributed by atoms with Gasteiger partial charge in [0.25, 0.3) is 35.4 Å². The van der Waals surface area contributed by atoms with Gasteiger partial charge in [-0.05, 0) is 117 Å². The smallest absolute Gasteiger partial charge is 0.309 e. The Bertz CT molecular complexity index is 3150. The van der Waals surface area contributed by atoms with E-state index in [1.165, 1.54) is 9.80 Å². The number of hydrogen-bond acceptors (Lipinski definition) is 17. The minimum Gasteiger partial charge on any atom is -0.481 e. The van der Waals surface area contributed by atoms with Crippen molar-refractivity contribution in [1.82, 2.24) is 9.80 Å². The zero-order chi connectivity index (χ0) is 56.8. The average Bonchev–Trinajstić information content (AvgIpc) is 4.04. The third-order valence-corrected chi connectivity index (χ3v) is 14.8. The number of likely N-dealkylation sites (tertiary alicyclic amines) is 2. The Hall–Kier alpha value is -8.58. The van der Waals surface area contributed by atoms with Crippen molar-refractivity contribution < 1.29 is 67.9 Å². The Balaban J connectivity index is 0.000000194. The molecule has 4 atom stereocenters. The van der Waals surface area contributed by atoms with Gasteiger partial charge in [0, 0.05) is 84.3 Å². The van der Waals surface area contributed by atoms with Gasteiger partial charge in [-0.2, -0.15) is 0 Å². The number of amides is 6. The number of aliphatic hydroxyl groups is 2. The maximum Gasteiger partial charge on any atom is 0.309 e. The minimum atomic E-state index is -1.77. The molecule has 80 heavy (non-hydrogen) atoms. The number of aliphatic carboxylic acids is 1. The van der Waals surface area contributed by atoms with E-state index >= 15 is 0 Å². The lowest BCUT2D eigenvalue weighted by Gasteiger charge is -2.34. The predicted octanol–water partition coefficient (Wildman–Crippen LogP) is 1.63. The number of nitrogens with two attached hydrogens (primary N) is 2. The van der Waals surface area contributed by atoms with Crippen molar-refractivity contribution in [3.8, 4) is 0 Å². The molecule has 10 rings (SSSR count). The zero-order valence-corrected chi connectivity index (χ0v) is 43.8. The molecule has 0 spiro atoms. The number of anilines is 4. The number of hydrogen-bond donors (Lipinski definition) is 7. The lowest BCUT2D eigenvalue weighted by molar-refractivity contribution is -0.150. The number of nitrogens with one attached hydrogen (secondary N) is 2. The van der Waals surface area contributed by atoms with Gasteiger partial charge in [-0.1, -0.05) is 12.1 Å². The number of fused-ring (bicyclic) bond motifs is 2. The zero-order valence-electron chi connectivity index (χ0n) is 43.8. The quantitative estimate of drug-likeness (QED) is 0.0936. The van der Waals surface area contributed by atoms with Crippen LogP contribution in [0.1, 0.15) is 75.6 Å². The van der Waals surface area contributed by atoms with Gasteiger partial charge in [0.05, 0.1) is 44.7 Å². The summed E-state index contributed by atoms with van der Waals surface area (Å²) in [6.45, 7) is 4.97. The molecule has 24 heteroatoms. The van der Waals surface area contributed by atoms with Crippen LogP contribution in [-0.2, 0) is 56.1 Å². The normalized spacial score (nSPS) is 20.0.